The Morgan fingerprint density at radius 1 is 1.10 bits per heavy atom. The van der Waals surface area contributed by atoms with Crippen molar-refractivity contribution in [3.05, 3.63) is 47.8 Å². The van der Waals surface area contributed by atoms with Crippen molar-refractivity contribution in [2.24, 2.45) is 0 Å². The monoisotopic (exact) mass is 261 g/mol. The van der Waals surface area contributed by atoms with E-state index in [0.717, 1.165) is 16.6 Å². The summed E-state index contributed by atoms with van der Waals surface area (Å²) in [7, 11) is 0. The summed E-state index contributed by atoms with van der Waals surface area (Å²) in [4.78, 5) is 12.6. The van der Waals surface area contributed by atoms with E-state index in [2.05, 4.69) is 21.0 Å². The first-order valence-electron chi connectivity index (χ1n) is 6.09. The summed E-state index contributed by atoms with van der Waals surface area (Å²) < 4.78 is 0. The van der Waals surface area contributed by atoms with E-state index >= 15 is 0 Å². The smallest absolute Gasteiger partial charge is 0.220 e. The molecule has 3 aromatic rings. The minimum Gasteiger partial charge on any atom is -0.368 e. The highest BCUT2D eigenvalue weighted by molar-refractivity contribution is 5.85. The Kier molecular flexibility index (Phi) is 2.77. The largest absolute Gasteiger partial charge is 0.368 e. The predicted octanol–water partition coefficient (Wildman–Crippen LogP) is 2.45. The Hall–Kier alpha value is -3.00. The van der Waals surface area contributed by atoms with Gasteiger partial charge in [-0.3, -0.25) is 0 Å². The van der Waals surface area contributed by atoms with Crippen molar-refractivity contribution in [2.75, 3.05) is 5.73 Å². The zero-order chi connectivity index (χ0) is 14.1. The van der Waals surface area contributed by atoms with E-state index in [4.69, 9.17) is 5.73 Å². The lowest BCUT2D eigenvalue weighted by Gasteiger charge is -2.07. The maximum atomic E-state index is 9.29. The lowest BCUT2D eigenvalue weighted by atomic mass is 10.1. The van der Waals surface area contributed by atoms with Gasteiger partial charge in [0.15, 0.2) is 5.69 Å². The highest BCUT2D eigenvalue weighted by Gasteiger charge is 2.11. The standard InChI is InChI=1S/C15H11N5/c1-9-6-13(20-15(17)18-9)11-7-10-4-2-3-5-12(10)19-14(11)8-16/h2-7H,1H3,(H2,17,18,20). The fourth-order valence-electron chi connectivity index (χ4n) is 2.13. The highest BCUT2D eigenvalue weighted by Crippen LogP contribution is 2.25. The van der Waals surface area contributed by atoms with Crippen LogP contribution in [-0.4, -0.2) is 15.0 Å². The van der Waals surface area contributed by atoms with Crippen molar-refractivity contribution in [3.63, 3.8) is 0 Å². The molecule has 0 spiro atoms. The second kappa shape index (κ2) is 4.59. The van der Waals surface area contributed by atoms with Crippen molar-refractivity contribution in [1.29, 1.82) is 5.26 Å². The number of aryl methyl sites for hydroxylation is 1. The molecule has 0 aliphatic heterocycles. The van der Waals surface area contributed by atoms with Gasteiger partial charge >= 0.3 is 0 Å². The number of benzene rings is 1. The molecule has 0 saturated carbocycles. The van der Waals surface area contributed by atoms with Gasteiger partial charge in [0, 0.05) is 16.6 Å². The quantitative estimate of drug-likeness (QED) is 0.726. The lowest BCUT2D eigenvalue weighted by Crippen LogP contribution is -2.00. The summed E-state index contributed by atoms with van der Waals surface area (Å²) in [6.07, 6.45) is 0. The fraction of sp³-hybridized carbons (Fsp3) is 0.0667. The zero-order valence-electron chi connectivity index (χ0n) is 10.8. The van der Waals surface area contributed by atoms with E-state index in [9.17, 15) is 5.26 Å². The van der Waals surface area contributed by atoms with Crippen molar-refractivity contribution >= 4 is 16.9 Å². The molecule has 0 saturated heterocycles. The van der Waals surface area contributed by atoms with Crippen molar-refractivity contribution in [3.8, 4) is 17.3 Å². The van der Waals surface area contributed by atoms with Gasteiger partial charge < -0.3 is 5.73 Å². The minimum absolute atomic E-state index is 0.192. The van der Waals surface area contributed by atoms with E-state index in [0.29, 0.717) is 17.0 Å². The van der Waals surface area contributed by atoms with Crippen LogP contribution in [0.25, 0.3) is 22.2 Å². The first-order chi connectivity index (χ1) is 9.67. The van der Waals surface area contributed by atoms with Crippen molar-refractivity contribution in [2.45, 2.75) is 6.92 Å². The fourth-order valence-corrected chi connectivity index (χ4v) is 2.13. The van der Waals surface area contributed by atoms with Gasteiger partial charge in [0.25, 0.3) is 0 Å². The average Bonchev–Trinajstić information content (AvgIpc) is 2.44. The van der Waals surface area contributed by atoms with Crippen LogP contribution in [0.5, 0.6) is 0 Å². The number of pyridine rings is 1. The first kappa shape index (κ1) is 12.1. The number of hydrogen-bond acceptors (Lipinski definition) is 5. The van der Waals surface area contributed by atoms with Gasteiger partial charge in [-0.15, -0.1) is 0 Å². The third kappa shape index (κ3) is 2.04. The highest BCUT2D eigenvalue weighted by atomic mass is 15.0. The molecule has 0 radical (unpaired) electrons. The molecule has 3 rings (SSSR count). The normalized spacial score (nSPS) is 10.4. The number of nitrogens with zero attached hydrogens (tertiary/aromatic N) is 4. The number of rotatable bonds is 1. The van der Waals surface area contributed by atoms with Crippen LogP contribution in [0.1, 0.15) is 11.4 Å². The van der Waals surface area contributed by atoms with Crippen LogP contribution in [-0.2, 0) is 0 Å². The molecular formula is C15H11N5. The van der Waals surface area contributed by atoms with Crippen LogP contribution >= 0.6 is 0 Å². The molecule has 20 heavy (non-hydrogen) atoms. The van der Waals surface area contributed by atoms with Gasteiger partial charge in [0.05, 0.1) is 11.2 Å². The van der Waals surface area contributed by atoms with Crippen molar-refractivity contribution < 1.29 is 0 Å². The van der Waals surface area contributed by atoms with Gasteiger partial charge in [0.1, 0.15) is 6.07 Å². The molecule has 96 valence electrons. The van der Waals surface area contributed by atoms with Crippen molar-refractivity contribution in [1.82, 2.24) is 15.0 Å². The molecule has 0 unspecified atom stereocenters. The Bertz CT molecular complexity index is 828. The number of nitriles is 1. The summed E-state index contributed by atoms with van der Waals surface area (Å²) in [5.41, 5.74) is 8.83. The molecular weight excluding hydrogens is 250 g/mol. The van der Waals surface area contributed by atoms with Crippen LogP contribution in [0, 0.1) is 18.3 Å². The SMILES string of the molecule is Cc1cc(-c2cc3ccccc3nc2C#N)nc(N)n1. The molecule has 5 heteroatoms. The Morgan fingerprint density at radius 2 is 1.90 bits per heavy atom. The number of nitrogen functional groups attached to an aromatic ring is 1. The first-order valence-corrected chi connectivity index (χ1v) is 6.09. The summed E-state index contributed by atoms with van der Waals surface area (Å²) in [6.45, 7) is 1.84. The maximum absolute atomic E-state index is 9.29. The number of fused-ring (bicyclic) bond motifs is 1. The third-order valence-electron chi connectivity index (χ3n) is 2.98. The van der Waals surface area contributed by atoms with Gasteiger partial charge in [-0.2, -0.15) is 5.26 Å². The minimum atomic E-state index is 0.192. The zero-order valence-corrected chi connectivity index (χ0v) is 10.8. The number of nitrogens with two attached hydrogens (primary N) is 1. The molecule has 0 aliphatic carbocycles. The Labute approximate surface area is 115 Å². The summed E-state index contributed by atoms with van der Waals surface area (Å²) in [5.74, 6) is 0.192. The van der Waals surface area contributed by atoms with E-state index in [-0.39, 0.29) is 5.95 Å². The molecule has 2 heterocycles. The average molecular weight is 261 g/mol. The molecule has 2 aromatic heterocycles. The molecule has 0 aliphatic rings. The second-order valence-corrected chi connectivity index (χ2v) is 4.44. The van der Waals surface area contributed by atoms with Crippen LogP contribution in [0.3, 0.4) is 0 Å². The van der Waals surface area contributed by atoms with E-state index < -0.39 is 0 Å². The van der Waals surface area contributed by atoms with E-state index in [1.165, 1.54) is 0 Å². The van der Waals surface area contributed by atoms with Crippen LogP contribution in [0.4, 0.5) is 5.95 Å². The van der Waals surface area contributed by atoms with Crippen LogP contribution in [0.15, 0.2) is 36.4 Å². The number of para-hydroxylation sites is 1. The van der Waals surface area contributed by atoms with Gasteiger partial charge in [-0.25, -0.2) is 15.0 Å². The summed E-state index contributed by atoms with van der Waals surface area (Å²) >= 11 is 0. The second-order valence-electron chi connectivity index (χ2n) is 4.44. The molecule has 0 atom stereocenters. The molecule has 0 bridgehead atoms. The Balaban J connectivity index is 2.32. The molecule has 2 N–H and O–H groups in total. The van der Waals surface area contributed by atoms with Gasteiger partial charge in [-0.1, -0.05) is 18.2 Å². The summed E-state index contributed by atoms with van der Waals surface area (Å²) in [5, 5.41) is 10.2. The van der Waals surface area contributed by atoms with Crippen LogP contribution in [0.2, 0.25) is 0 Å². The maximum Gasteiger partial charge on any atom is 0.220 e. The summed E-state index contributed by atoms with van der Waals surface area (Å²) in [6, 6.07) is 13.5. The number of aromatic nitrogens is 3. The molecule has 0 amide bonds. The van der Waals surface area contributed by atoms with Gasteiger partial charge in [0.2, 0.25) is 5.95 Å². The Morgan fingerprint density at radius 3 is 2.65 bits per heavy atom. The van der Waals surface area contributed by atoms with E-state index in [1.54, 1.807) is 6.07 Å². The topological polar surface area (TPSA) is 88.5 Å². The van der Waals surface area contributed by atoms with Gasteiger partial charge in [-0.05, 0) is 25.1 Å². The number of anilines is 1. The molecule has 1 aromatic carbocycles. The van der Waals surface area contributed by atoms with Crippen LogP contribution < -0.4 is 5.73 Å². The lowest BCUT2D eigenvalue weighted by molar-refractivity contribution is 1.12. The van der Waals surface area contributed by atoms with E-state index in [1.807, 2.05) is 37.3 Å². The third-order valence-corrected chi connectivity index (χ3v) is 2.98. The molecule has 0 fully saturated rings. The number of hydrogen-bond donors (Lipinski definition) is 1. The predicted molar refractivity (Wildman–Crippen MR) is 76.6 cm³/mol. The molecule has 5 nitrogen and oxygen atoms in total.